The molecule has 0 radical (unpaired) electrons. The van der Waals surface area contributed by atoms with E-state index in [2.05, 4.69) is 45.7 Å². The summed E-state index contributed by atoms with van der Waals surface area (Å²) in [7, 11) is 0. The van der Waals surface area contributed by atoms with Gasteiger partial charge in [0.05, 0.1) is 0 Å². The van der Waals surface area contributed by atoms with Crippen molar-refractivity contribution in [3.8, 4) is 0 Å². The van der Waals surface area contributed by atoms with Crippen LogP contribution in [0.4, 0.5) is 23.0 Å². The molecule has 0 spiro atoms. The van der Waals surface area contributed by atoms with E-state index >= 15 is 0 Å². The lowest BCUT2D eigenvalue weighted by atomic mass is 10.0. The van der Waals surface area contributed by atoms with Crippen LogP contribution in [-0.2, 0) is 0 Å². The van der Waals surface area contributed by atoms with Gasteiger partial charge in [-0.1, -0.05) is 18.2 Å². The largest absolute Gasteiger partial charge is 0.393 e. The van der Waals surface area contributed by atoms with Gasteiger partial charge < -0.3 is 15.5 Å². The van der Waals surface area contributed by atoms with E-state index < -0.39 is 0 Å². The summed E-state index contributed by atoms with van der Waals surface area (Å²) in [6, 6.07) is 10.7. The van der Waals surface area contributed by atoms with Crippen LogP contribution in [0.25, 0.3) is 0 Å². The Labute approximate surface area is 138 Å². The van der Waals surface area contributed by atoms with Crippen LogP contribution in [0.15, 0.2) is 36.7 Å². The lowest BCUT2D eigenvalue weighted by molar-refractivity contribution is 0.481. The molecule has 23 heavy (non-hydrogen) atoms. The third-order valence-electron chi connectivity index (χ3n) is 4.56. The van der Waals surface area contributed by atoms with Crippen molar-refractivity contribution in [1.82, 2.24) is 9.97 Å². The second-order valence-electron chi connectivity index (χ2n) is 6.05. The quantitative estimate of drug-likeness (QED) is 0.935. The summed E-state index contributed by atoms with van der Waals surface area (Å²) in [6.45, 7) is 6.17. The zero-order valence-corrected chi connectivity index (χ0v) is 13.9. The summed E-state index contributed by atoms with van der Waals surface area (Å²) in [6.07, 6.45) is 5.29. The Bertz CT molecular complexity index is 643. The number of hydrogen-bond acceptors (Lipinski definition) is 5. The number of para-hydroxylation sites is 1. The lowest BCUT2D eigenvalue weighted by Gasteiger charge is -2.35. The molecule has 2 heterocycles. The van der Waals surface area contributed by atoms with E-state index in [1.807, 2.05) is 18.2 Å². The molecule has 0 aliphatic carbocycles. The maximum absolute atomic E-state index is 6.48. The third kappa shape index (κ3) is 3.09. The monoisotopic (exact) mass is 311 g/mol. The third-order valence-corrected chi connectivity index (χ3v) is 4.56. The average Bonchev–Trinajstić information content (AvgIpc) is 2.59. The molecule has 0 bridgehead atoms. The Morgan fingerprint density at radius 1 is 1.22 bits per heavy atom. The van der Waals surface area contributed by atoms with Gasteiger partial charge >= 0.3 is 0 Å². The standard InChI is InChI=1S/C18H25N5/c1-3-22(15-10-5-4-6-11-15)17-16(19)18(21-13-20-17)23-12-8-7-9-14(23)2/h4-6,10-11,13-14H,3,7-9,12,19H2,1-2H3. The molecule has 2 aromatic rings. The maximum Gasteiger partial charge on any atom is 0.161 e. The first-order valence-corrected chi connectivity index (χ1v) is 8.42. The number of rotatable bonds is 4. The molecule has 1 fully saturated rings. The lowest BCUT2D eigenvalue weighted by Crippen LogP contribution is -2.38. The van der Waals surface area contributed by atoms with Crippen LogP contribution in [0.5, 0.6) is 0 Å². The molecule has 5 heteroatoms. The highest BCUT2D eigenvalue weighted by molar-refractivity contribution is 5.79. The van der Waals surface area contributed by atoms with Crippen molar-refractivity contribution in [3.63, 3.8) is 0 Å². The normalized spacial score (nSPS) is 18.0. The smallest absolute Gasteiger partial charge is 0.161 e. The van der Waals surface area contributed by atoms with Crippen molar-refractivity contribution in [3.05, 3.63) is 36.7 Å². The minimum atomic E-state index is 0.473. The van der Waals surface area contributed by atoms with Crippen LogP contribution in [0.3, 0.4) is 0 Å². The highest BCUT2D eigenvalue weighted by atomic mass is 15.3. The SMILES string of the molecule is CCN(c1ccccc1)c1ncnc(N2CCCCC2C)c1N. The number of aromatic nitrogens is 2. The van der Waals surface area contributed by atoms with Crippen LogP contribution >= 0.6 is 0 Å². The minimum Gasteiger partial charge on any atom is -0.393 e. The predicted molar refractivity (Wildman–Crippen MR) is 96.2 cm³/mol. The fraction of sp³-hybridized carbons (Fsp3) is 0.444. The molecule has 0 saturated carbocycles. The van der Waals surface area contributed by atoms with Crippen LogP contribution in [0.1, 0.15) is 33.1 Å². The number of hydrogen-bond donors (Lipinski definition) is 1. The molecular weight excluding hydrogens is 286 g/mol. The van der Waals surface area contributed by atoms with Crippen molar-refractivity contribution in [2.45, 2.75) is 39.2 Å². The van der Waals surface area contributed by atoms with Gasteiger partial charge in [-0.2, -0.15) is 0 Å². The Balaban J connectivity index is 1.98. The second-order valence-corrected chi connectivity index (χ2v) is 6.05. The van der Waals surface area contributed by atoms with Crippen LogP contribution < -0.4 is 15.5 Å². The molecular formula is C18H25N5. The Kier molecular flexibility index (Phi) is 4.65. The van der Waals surface area contributed by atoms with Crippen molar-refractivity contribution in [2.75, 3.05) is 28.6 Å². The highest BCUT2D eigenvalue weighted by Crippen LogP contribution is 2.35. The molecule has 3 rings (SSSR count). The van der Waals surface area contributed by atoms with Crippen LogP contribution in [-0.4, -0.2) is 29.1 Å². The number of nitrogens with two attached hydrogens (primary N) is 1. The molecule has 1 saturated heterocycles. The van der Waals surface area contributed by atoms with Gasteiger partial charge in [0.2, 0.25) is 0 Å². The van der Waals surface area contributed by atoms with Gasteiger partial charge in [0.1, 0.15) is 12.0 Å². The average molecular weight is 311 g/mol. The predicted octanol–water partition coefficient (Wildman–Crippen LogP) is 3.60. The summed E-state index contributed by atoms with van der Waals surface area (Å²) in [5.74, 6) is 1.66. The fourth-order valence-corrected chi connectivity index (χ4v) is 3.30. The molecule has 5 nitrogen and oxygen atoms in total. The molecule has 1 aliphatic rings. The summed E-state index contributed by atoms with van der Waals surface area (Å²) in [5, 5.41) is 0. The number of anilines is 4. The van der Waals surface area contributed by atoms with Gasteiger partial charge in [-0.15, -0.1) is 0 Å². The van der Waals surface area contributed by atoms with Crippen molar-refractivity contribution in [2.24, 2.45) is 0 Å². The van der Waals surface area contributed by atoms with Crippen molar-refractivity contribution >= 4 is 23.0 Å². The number of benzene rings is 1. The number of nitrogen functional groups attached to an aromatic ring is 1. The van der Waals surface area contributed by atoms with E-state index in [1.54, 1.807) is 6.33 Å². The Morgan fingerprint density at radius 3 is 2.70 bits per heavy atom. The molecule has 1 unspecified atom stereocenters. The van der Waals surface area contributed by atoms with Gasteiger partial charge in [0.15, 0.2) is 11.6 Å². The molecule has 122 valence electrons. The second kappa shape index (κ2) is 6.86. The van der Waals surface area contributed by atoms with Gasteiger partial charge in [0.25, 0.3) is 0 Å². The Morgan fingerprint density at radius 2 is 2.00 bits per heavy atom. The minimum absolute atomic E-state index is 0.473. The van der Waals surface area contributed by atoms with Crippen LogP contribution in [0, 0.1) is 0 Å². The summed E-state index contributed by atoms with van der Waals surface area (Å²) >= 11 is 0. The highest BCUT2D eigenvalue weighted by Gasteiger charge is 2.24. The van der Waals surface area contributed by atoms with E-state index in [0.29, 0.717) is 11.7 Å². The molecule has 2 N–H and O–H groups in total. The maximum atomic E-state index is 6.48. The van der Waals surface area contributed by atoms with Crippen LogP contribution in [0.2, 0.25) is 0 Å². The summed E-state index contributed by atoms with van der Waals surface area (Å²) < 4.78 is 0. The van der Waals surface area contributed by atoms with E-state index in [0.717, 1.165) is 30.4 Å². The van der Waals surface area contributed by atoms with Gasteiger partial charge in [-0.25, -0.2) is 9.97 Å². The molecule has 1 aromatic heterocycles. The zero-order valence-electron chi connectivity index (χ0n) is 13.9. The first kappa shape index (κ1) is 15.6. The van der Waals surface area contributed by atoms with Gasteiger partial charge in [0, 0.05) is 24.8 Å². The van der Waals surface area contributed by atoms with Gasteiger partial charge in [-0.05, 0) is 45.2 Å². The fourth-order valence-electron chi connectivity index (χ4n) is 3.30. The number of nitrogens with zero attached hydrogens (tertiary/aromatic N) is 4. The molecule has 0 amide bonds. The van der Waals surface area contributed by atoms with Crippen molar-refractivity contribution in [1.29, 1.82) is 0 Å². The van der Waals surface area contributed by atoms with Gasteiger partial charge in [-0.3, -0.25) is 0 Å². The molecule has 1 aromatic carbocycles. The number of piperidine rings is 1. The van der Waals surface area contributed by atoms with E-state index in [4.69, 9.17) is 5.73 Å². The topological polar surface area (TPSA) is 58.3 Å². The Hall–Kier alpha value is -2.30. The van der Waals surface area contributed by atoms with E-state index in [-0.39, 0.29) is 0 Å². The van der Waals surface area contributed by atoms with E-state index in [1.165, 1.54) is 19.3 Å². The zero-order chi connectivity index (χ0) is 16.2. The van der Waals surface area contributed by atoms with E-state index in [9.17, 15) is 0 Å². The summed E-state index contributed by atoms with van der Waals surface area (Å²) in [5.41, 5.74) is 8.25. The molecule has 1 aliphatic heterocycles. The summed E-state index contributed by atoms with van der Waals surface area (Å²) in [4.78, 5) is 13.4. The molecule has 1 atom stereocenters. The first-order chi connectivity index (χ1) is 11.2. The van der Waals surface area contributed by atoms with Crippen molar-refractivity contribution < 1.29 is 0 Å². The first-order valence-electron chi connectivity index (χ1n) is 8.42.